The number of alkyl halides is 3. The maximum Gasteiger partial charge on any atom is 0.417 e. The molecule has 1 aliphatic rings. The van der Waals surface area contributed by atoms with Crippen LogP contribution in [-0.2, 0) is 15.8 Å². The highest BCUT2D eigenvalue weighted by Gasteiger charge is 2.36. The molecule has 0 aromatic heterocycles. The monoisotopic (exact) mass is 344 g/mol. The molecule has 6 nitrogen and oxygen atoms in total. The van der Waals surface area contributed by atoms with Crippen molar-refractivity contribution >= 4 is 17.8 Å². The fourth-order valence-electron chi connectivity index (χ4n) is 2.60. The van der Waals surface area contributed by atoms with E-state index in [1.807, 2.05) is 0 Å². The zero-order chi connectivity index (χ0) is 17.9. The average Bonchev–Trinajstić information content (AvgIpc) is 3.01. The highest BCUT2D eigenvalue weighted by atomic mass is 19.4. The second kappa shape index (κ2) is 6.90. The van der Waals surface area contributed by atoms with Crippen LogP contribution in [-0.4, -0.2) is 46.9 Å². The first kappa shape index (κ1) is 17.8. The van der Waals surface area contributed by atoms with Gasteiger partial charge >= 0.3 is 12.1 Å². The molecule has 1 saturated heterocycles. The van der Waals surface area contributed by atoms with Gasteiger partial charge in [-0.15, -0.1) is 0 Å². The molecule has 0 spiro atoms. The van der Waals surface area contributed by atoms with Gasteiger partial charge in [0.15, 0.2) is 0 Å². The number of hydrogen-bond donors (Lipinski definition) is 2. The van der Waals surface area contributed by atoms with Crippen molar-refractivity contribution in [2.45, 2.75) is 25.1 Å². The van der Waals surface area contributed by atoms with Crippen molar-refractivity contribution in [1.29, 1.82) is 0 Å². The third kappa shape index (κ3) is 3.84. The summed E-state index contributed by atoms with van der Waals surface area (Å²) in [5.41, 5.74) is -1.69. The Kier molecular flexibility index (Phi) is 5.10. The van der Waals surface area contributed by atoms with Gasteiger partial charge in [0.2, 0.25) is 5.91 Å². The van der Waals surface area contributed by atoms with E-state index < -0.39 is 47.7 Å². The minimum absolute atomic E-state index is 0.241. The minimum atomic E-state index is -4.69. The number of carbonyl (C=O) groups is 3. The molecule has 130 valence electrons. The molecule has 1 fully saturated rings. The van der Waals surface area contributed by atoms with Gasteiger partial charge < -0.3 is 15.3 Å². The van der Waals surface area contributed by atoms with Crippen molar-refractivity contribution < 1.29 is 32.7 Å². The number of rotatable bonds is 4. The molecule has 1 heterocycles. The molecule has 1 aromatic rings. The van der Waals surface area contributed by atoms with E-state index in [1.165, 1.54) is 6.07 Å². The second-order valence-electron chi connectivity index (χ2n) is 5.31. The Balaban J connectivity index is 2.04. The highest BCUT2D eigenvalue weighted by molar-refractivity contribution is 5.98. The summed E-state index contributed by atoms with van der Waals surface area (Å²) in [6, 6.07) is 3.27. The van der Waals surface area contributed by atoms with Crippen molar-refractivity contribution in [1.82, 2.24) is 10.2 Å². The first-order valence-corrected chi connectivity index (χ1v) is 7.18. The normalized spacial score (nSPS) is 17.6. The van der Waals surface area contributed by atoms with E-state index >= 15 is 0 Å². The molecular formula is C15H15F3N2O4. The zero-order valence-corrected chi connectivity index (χ0v) is 12.5. The van der Waals surface area contributed by atoms with Gasteiger partial charge in [-0.25, -0.2) is 4.79 Å². The number of hydrogen-bond acceptors (Lipinski definition) is 3. The summed E-state index contributed by atoms with van der Waals surface area (Å²) in [7, 11) is 0. The van der Waals surface area contributed by atoms with Gasteiger partial charge in [0.05, 0.1) is 17.7 Å². The van der Waals surface area contributed by atoms with Crippen LogP contribution in [0.4, 0.5) is 13.2 Å². The molecule has 1 aliphatic heterocycles. The Hall–Kier alpha value is -2.58. The van der Waals surface area contributed by atoms with E-state index in [9.17, 15) is 27.6 Å². The summed E-state index contributed by atoms with van der Waals surface area (Å²) in [5, 5.41) is 11.1. The Morgan fingerprint density at radius 3 is 2.54 bits per heavy atom. The molecule has 24 heavy (non-hydrogen) atoms. The lowest BCUT2D eigenvalue weighted by molar-refractivity contribution is -0.147. The Morgan fingerprint density at radius 1 is 1.25 bits per heavy atom. The Labute approximate surface area is 135 Å². The SMILES string of the molecule is O=C(NCC(=O)N1CCCC1C(=O)O)c1ccccc1C(F)(F)F. The number of halogens is 3. The van der Waals surface area contributed by atoms with Gasteiger partial charge in [0.1, 0.15) is 6.04 Å². The summed E-state index contributed by atoms with van der Waals surface area (Å²) in [5.74, 6) is -2.82. The fraction of sp³-hybridized carbons (Fsp3) is 0.400. The average molecular weight is 344 g/mol. The predicted molar refractivity (Wildman–Crippen MR) is 76.1 cm³/mol. The van der Waals surface area contributed by atoms with E-state index in [0.29, 0.717) is 12.8 Å². The van der Waals surface area contributed by atoms with Crippen LogP contribution < -0.4 is 5.32 Å². The summed E-state index contributed by atoms with van der Waals surface area (Å²) in [6.07, 6.45) is -3.86. The standard InChI is InChI=1S/C15H15F3N2O4/c16-15(17,18)10-5-2-1-4-9(10)13(22)19-8-12(21)20-7-3-6-11(20)14(23)24/h1-2,4-5,11H,3,6-8H2,(H,19,22)(H,23,24). The molecule has 0 aliphatic carbocycles. The number of benzene rings is 1. The van der Waals surface area contributed by atoms with E-state index in [2.05, 4.69) is 5.32 Å². The predicted octanol–water partition coefficient (Wildman–Crippen LogP) is 1.51. The molecule has 9 heteroatoms. The van der Waals surface area contributed by atoms with Crippen molar-refractivity contribution in [3.63, 3.8) is 0 Å². The van der Waals surface area contributed by atoms with Crippen LogP contribution in [0, 0.1) is 0 Å². The van der Waals surface area contributed by atoms with Crippen molar-refractivity contribution in [2.24, 2.45) is 0 Å². The third-order valence-corrected chi connectivity index (χ3v) is 3.74. The van der Waals surface area contributed by atoms with Crippen LogP contribution in [0.15, 0.2) is 24.3 Å². The first-order valence-electron chi connectivity index (χ1n) is 7.18. The van der Waals surface area contributed by atoms with Crippen LogP contribution in [0.1, 0.15) is 28.8 Å². The Morgan fingerprint density at radius 2 is 1.92 bits per heavy atom. The molecule has 1 aromatic carbocycles. The van der Waals surface area contributed by atoms with Gasteiger partial charge in [-0.2, -0.15) is 13.2 Å². The van der Waals surface area contributed by atoms with E-state index in [4.69, 9.17) is 5.11 Å². The minimum Gasteiger partial charge on any atom is -0.480 e. The van der Waals surface area contributed by atoms with Gasteiger partial charge in [0, 0.05) is 6.54 Å². The number of aliphatic carboxylic acids is 1. The topological polar surface area (TPSA) is 86.7 Å². The van der Waals surface area contributed by atoms with Crippen LogP contribution in [0.3, 0.4) is 0 Å². The number of carboxylic acids is 1. The molecule has 2 N–H and O–H groups in total. The molecule has 2 rings (SSSR count). The van der Waals surface area contributed by atoms with Crippen LogP contribution in [0.2, 0.25) is 0 Å². The first-order chi connectivity index (χ1) is 11.2. The van der Waals surface area contributed by atoms with E-state index in [1.54, 1.807) is 0 Å². The second-order valence-corrected chi connectivity index (χ2v) is 5.31. The molecule has 1 unspecified atom stereocenters. The van der Waals surface area contributed by atoms with Crippen LogP contribution in [0.5, 0.6) is 0 Å². The summed E-state index contributed by atoms with van der Waals surface area (Å²) in [6.45, 7) is -0.320. The lowest BCUT2D eigenvalue weighted by Crippen LogP contribution is -2.45. The van der Waals surface area contributed by atoms with Gasteiger partial charge in [-0.1, -0.05) is 12.1 Å². The van der Waals surface area contributed by atoms with Crippen LogP contribution >= 0.6 is 0 Å². The van der Waals surface area contributed by atoms with Crippen molar-refractivity contribution in [3.05, 3.63) is 35.4 Å². The fourth-order valence-corrected chi connectivity index (χ4v) is 2.60. The van der Waals surface area contributed by atoms with Gasteiger partial charge in [0.25, 0.3) is 5.91 Å². The molecule has 0 bridgehead atoms. The van der Waals surface area contributed by atoms with E-state index in [0.717, 1.165) is 23.1 Å². The van der Waals surface area contributed by atoms with Crippen LogP contribution in [0.25, 0.3) is 0 Å². The summed E-state index contributed by atoms with van der Waals surface area (Å²) >= 11 is 0. The molecule has 2 amide bonds. The number of carboxylic acid groups (broad SMARTS) is 1. The number of nitrogens with one attached hydrogen (secondary N) is 1. The smallest absolute Gasteiger partial charge is 0.417 e. The maximum atomic E-state index is 12.9. The van der Waals surface area contributed by atoms with E-state index in [-0.39, 0.29) is 6.54 Å². The van der Waals surface area contributed by atoms with Crippen molar-refractivity contribution in [2.75, 3.05) is 13.1 Å². The summed E-state index contributed by atoms with van der Waals surface area (Å²) in [4.78, 5) is 36.1. The number of amides is 2. The highest BCUT2D eigenvalue weighted by Crippen LogP contribution is 2.31. The Bertz CT molecular complexity index is 660. The lowest BCUT2D eigenvalue weighted by Gasteiger charge is -2.21. The number of likely N-dealkylation sites (tertiary alicyclic amines) is 1. The van der Waals surface area contributed by atoms with Gasteiger partial charge in [-0.3, -0.25) is 9.59 Å². The lowest BCUT2D eigenvalue weighted by atomic mass is 10.1. The molecule has 1 atom stereocenters. The number of nitrogens with zero attached hydrogens (tertiary/aromatic N) is 1. The zero-order valence-electron chi connectivity index (χ0n) is 12.5. The quantitative estimate of drug-likeness (QED) is 0.867. The molecule has 0 radical (unpaired) electrons. The third-order valence-electron chi connectivity index (χ3n) is 3.74. The summed E-state index contributed by atoms with van der Waals surface area (Å²) < 4.78 is 38.6. The van der Waals surface area contributed by atoms with Crippen molar-refractivity contribution in [3.8, 4) is 0 Å². The largest absolute Gasteiger partial charge is 0.480 e. The molecular weight excluding hydrogens is 329 g/mol. The number of carbonyl (C=O) groups excluding carboxylic acids is 2. The molecule has 0 saturated carbocycles. The maximum absolute atomic E-state index is 12.9. The van der Waals surface area contributed by atoms with Gasteiger partial charge in [-0.05, 0) is 25.0 Å².